The van der Waals surface area contributed by atoms with Gasteiger partial charge in [-0.2, -0.15) is 4.31 Å². The monoisotopic (exact) mass is 286 g/mol. The summed E-state index contributed by atoms with van der Waals surface area (Å²) in [7, 11) is -3.81. The number of nitrogens with two attached hydrogens (primary N) is 1. The van der Waals surface area contributed by atoms with Crippen molar-refractivity contribution in [3.05, 3.63) is 24.0 Å². The Morgan fingerprint density at radius 1 is 1.42 bits per heavy atom. The lowest BCUT2D eigenvalue weighted by atomic mass is 10.2. The first kappa shape index (κ1) is 14.3. The van der Waals surface area contributed by atoms with E-state index in [9.17, 15) is 12.8 Å². The Morgan fingerprint density at radius 3 is 2.58 bits per heavy atom. The van der Waals surface area contributed by atoms with Crippen LogP contribution in [0.3, 0.4) is 0 Å². The van der Waals surface area contributed by atoms with E-state index in [-0.39, 0.29) is 22.5 Å². The highest BCUT2D eigenvalue weighted by Gasteiger charge is 2.39. The summed E-state index contributed by atoms with van der Waals surface area (Å²) < 4.78 is 40.3. The van der Waals surface area contributed by atoms with E-state index >= 15 is 0 Å². The van der Waals surface area contributed by atoms with Crippen LogP contribution in [0.2, 0.25) is 0 Å². The summed E-state index contributed by atoms with van der Waals surface area (Å²) in [5.74, 6) is -0.553. The van der Waals surface area contributed by atoms with Crippen LogP contribution in [0.25, 0.3) is 0 Å². The maximum absolute atomic E-state index is 13.8. The van der Waals surface area contributed by atoms with Gasteiger partial charge in [0.05, 0.1) is 0 Å². The third-order valence-electron chi connectivity index (χ3n) is 3.04. The zero-order chi connectivity index (χ0) is 14.2. The zero-order valence-corrected chi connectivity index (χ0v) is 12.0. The quantitative estimate of drug-likeness (QED) is 0.844. The molecule has 0 radical (unpaired) electrons. The van der Waals surface area contributed by atoms with Gasteiger partial charge in [0.15, 0.2) is 0 Å². The van der Waals surface area contributed by atoms with E-state index < -0.39 is 15.8 Å². The number of anilines is 1. The maximum atomic E-state index is 13.8. The minimum absolute atomic E-state index is 0.00762. The molecule has 106 valence electrons. The smallest absolute Gasteiger partial charge is 0.246 e. The van der Waals surface area contributed by atoms with Crippen molar-refractivity contribution in [3.8, 4) is 0 Å². The van der Waals surface area contributed by atoms with Gasteiger partial charge in [-0.3, -0.25) is 0 Å². The van der Waals surface area contributed by atoms with Crippen molar-refractivity contribution in [3.63, 3.8) is 0 Å². The minimum Gasteiger partial charge on any atom is -0.399 e. The predicted molar refractivity (Wildman–Crippen MR) is 72.6 cm³/mol. The summed E-state index contributed by atoms with van der Waals surface area (Å²) >= 11 is 0. The van der Waals surface area contributed by atoms with Crippen molar-refractivity contribution in [1.82, 2.24) is 4.31 Å². The van der Waals surface area contributed by atoms with Gasteiger partial charge in [0.2, 0.25) is 10.0 Å². The Morgan fingerprint density at radius 2 is 2.05 bits per heavy atom. The van der Waals surface area contributed by atoms with Crippen LogP contribution in [0, 0.1) is 11.7 Å². The molecule has 0 aromatic heterocycles. The lowest BCUT2D eigenvalue weighted by Crippen LogP contribution is -2.36. The molecule has 0 atom stereocenters. The van der Waals surface area contributed by atoms with Crippen LogP contribution in [0.4, 0.5) is 10.1 Å². The molecule has 4 nitrogen and oxygen atoms in total. The van der Waals surface area contributed by atoms with Gasteiger partial charge in [-0.15, -0.1) is 0 Å². The lowest BCUT2D eigenvalue weighted by Gasteiger charge is -2.24. The molecule has 0 unspecified atom stereocenters. The van der Waals surface area contributed by atoms with Crippen molar-refractivity contribution in [2.24, 2.45) is 5.92 Å². The number of halogens is 1. The second kappa shape index (κ2) is 5.09. The largest absolute Gasteiger partial charge is 0.399 e. The Bertz CT molecular complexity index is 568. The van der Waals surface area contributed by atoms with Gasteiger partial charge in [0.1, 0.15) is 10.7 Å². The van der Waals surface area contributed by atoms with Gasteiger partial charge in [-0.1, -0.05) is 13.8 Å². The molecular formula is C13H19FN2O2S. The maximum Gasteiger partial charge on any atom is 0.246 e. The van der Waals surface area contributed by atoms with E-state index in [1.165, 1.54) is 16.4 Å². The molecule has 1 saturated carbocycles. The molecule has 2 rings (SSSR count). The molecule has 19 heavy (non-hydrogen) atoms. The van der Waals surface area contributed by atoms with Crippen LogP contribution in [-0.4, -0.2) is 25.3 Å². The lowest BCUT2D eigenvalue weighted by molar-refractivity contribution is 0.358. The van der Waals surface area contributed by atoms with E-state index in [2.05, 4.69) is 0 Å². The highest BCUT2D eigenvalue weighted by molar-refractivity contribution is 7.89. The van der Waals surface area contributed by atoms with Crippen LogP contribution in [0.1, 0.15) is 26.7 Å². The van der Waals surface area contributed by atoms with E-state index in [1.807, 2.05) is 13.8 Å². The van der Waals surface area contributed by atoms with Gasteiger partial charge in [-0.05, 0) is 37.0 Å². The number of hydrogen-bond donors (Lipinski definition) is 1. The Labute approximate surface area is 113 Å². The highest BCUT2D eigenvalue weighted by atomic mass is 32.2. The second-order valence-electron chi connectivity index (χ2n) is 5.39. The van der Waals surface area contributed by atoms with Crippen LogP contribution < -0.4 is 5.73 Å². The molecule has 0 saturated heterocycles. The van der Waals surface area contributed by atoms with Crippen molar-refractivity contribution in [2.75, 3.05) is 12.3 Å². The van der Waals surface area contributed by atoms with Crippen molar-refractivity contribution in [2.45, 2.75) is 37.6 Å². The third-order valence-corrected chi connectivity index (χ3v) is 4.97. The fraction of sp³-hybridized carbons (Fsp3) is 0.538. The third kappa shape index (κ3) is 3.06. The molecule has 1 aliphatic rings. The average Bonchev–Trinajstić information content (AvgIpc) is 3.12. The van der Waals surface area contributed by atoms with Gasteiger partial charge in [-0.25, -0.2) is 12.8 Å². The molecule has 0 heterocycles. The summed E-state index contributed by atoms with van der Waals surface area (Å²) in [6.45, 7) is 4.29. The summed E-state index contributed by atoms with van der Waals surface area (Å²) in [5, 5.41) is 0. The molecular weight excluding hydrogens is 267 g/mol. The summed E-state index contributed by atoms with van der Waals surface area (Å²) in [6, 6.07) is 3.66. The van der Waals surface area contributed by atoms with E-state index in [0.717, 1.165) is 18.9 Å². The number of rotatable bonds is 5. The highest BCUT2D eigenvalue weighted by Crippen LogP contribution is 2.33. The van der Waals surface area contributed by atoms with Gasteiger partial charge >= 0.3 is 0 Å². The van der Waals surface area contributed by atoms with E-state index in [0.29, 0.717) is 6.54 Å². The molecule has 1 aromatic rings. The number of hydrogen-bond acceptors (Lipinski definition) is 3. The van der Waals surface area contributed by atoms with Crippen LogP contribution in [0.5, 0.6) is 0 Å². The molecule has 1 aliphatic carbocycles. The normalized spacial score (nSPS) is 16.3. The number of nitrogens with zero attached hydrogens (tertiary/aromatic N) is 1. The van der Waals surface area contributed by atoms with Crippen LogP contribution in [0.15, 0.2) is 23.1 Å². The van der Waals surface area contributed by atoms with Crippen LogP contribution >= 0.6 is 0 Å². The molecule has 0 spiro atoms. The standard InChI is InChI=1S/C13H19FN2O2S/c1-9(2)8-16(11-4-5-11)19(17,18)13-7-10(15)3-6-12(13)14/h3,6-7,9,11H,4-5,8,15H2,1-2H3. The molecule has 6 heteroatoms. The zero-order valence-electron chi connectivity index (χ0n) is 11.1. The Balaban J connectivity index is 2.41. The molecule has 1 fully saturated rings. The first-order valence-electron chi connectivity index (χ1n) is 6.39. The summed E-state index contributed by atoms with van der Waals surface area (Å²) in [5.41, 5.74) is 5.82. The Kier molecular flexibility index (Phi) is 3.82. The molecule has 2 N–H and O–H groups in total. The molecule has 0 bridgehead atoms. The van der Waals surface area contributed by atoms with Crippen molar-refractivity contribution < 1.29 is 12.8 Å². The number of sulfonamides is 1. The first-order valence-corrected chi connectivity index (χ1v) is 7.83. The van der Waals surface area contributed by atoms with Gasteiger partial charge in [0, 0.05) is 18.3 Å². The fourth-order valence-electron chi connectivity index (χ4n) is 2.01. The number of nitrogen functional groups attached to an aromatic ring is 1. The topological polar surface area (TPSA) is 63.4 Å². The van der Waals surface area contributed by atoms with E-state index in [4.69, 9.17) is 5.73 Å². The van der Waals surface area contributed by atoms with Crippen molar-refractivity contribution in [1.29, 1.82) is 0 Å². The molecule has 1 aromatic carbocycles. The average molecular weight is 286 g/mol. The number of benzene rings is 1. The van der Waals surface area contributed by atoms with Gasteiger partial charge in [0.25, 0.3) is 0 Å². The van der Waals surface area contributed by atoms with E-state index in [1.54, 1.807) is 0 Å². The second-order valence-corrected chi connectivity index (χ2v) is 7.25. The van der Waals surface area contributed by atoms with Gasteiger partial charge < -0.3 is 5.73 Å². The molecule has 0 amide bonds. The summed E-state index contributed by atoms with van der Waals surface area (Å²) in [4.78, 5) is -0.319. The van der Waals surface area contributed by atoms with Crippen LogP contribution in [-0.2, 0) is 10.0 Å². The minimum atomic E-state index is -3.81. The van der Waals surface area contributed by atoms with Crippen molar-refractivity contribution >= 4 is 15.7 Å². The predicted octanol–water partition coefficient (Wildman–Crippen LogP) is 2.22. The summed E-state index contributed by atoms with van der Waals surface area (Å²) in [6.07, 6.45) is 1.69. The molecule has 0 aliphatic heterocycles. The SMILES string of the molecule is CC(C)CN(C1CC1)S(=O)(=O)c1cc(N)ccc1F. The first-order chi connectivity index (χ1) is 8.82. The fourth-order valence-corrected chi connectivity index (χ4v) is 3.96. The Hall–Kier alpha value is -1.14.